The number of aromatic nitrogens is 2. The van der Waals surface area contributed by atoms with E-state index in [1.807, 2.05) is 60.9 Å². The van der Waals surface area contributed by atoms with Gasteiger partial charge in [0.1, 0.15) is 17.1 Å². The van der Waals surface area contributed by atoms with Crippen molar-refractivity contribution in [3.05, 3.63) is 58.6 Å². The lowest BCUT2D eigenvalue weighted by molar-refractivity contribution is -0.143. The molecule has 2 fully saturated rings. The van der Waals surface area contributed by atoms with Crippen LogP contribution in [0.2, 0.25) is 0 Å². The van der Waals surface area contributed by atoms with Crippen molar-refractivity contribution in [2.45, 2.75) is 65.0 Å². The van der Waals surface area contributed by atoms with Gasteiger partial charge in [0.15, 0.2) is 0 Å². The molecular formula is C33H43F3N6O3S. The molecule has 1 aromatic carbocycles. The van der Waals surface area contributed by atoms with E-state index in [1.54, 1.807) is 13.2 Å². The molecule has 0 saturated carbocycles. The molecule has 13 heteroatoms. The van der Waals surface area contributed by atoms with E-state index >= 15 is 0 Å². The number of methoxy groups -OCH3 is 1. The molecule has 0 bridgehead atoms. The minimum absolute atomic E-state index is 0.0320. The molecule has 2 aliphatic heterocycles. The molecule has 0 spiro atoms. The van der Waals surface area contributed by atoms with E-state index in [-0.39, 0.29) is 29.0 Å². The molecule has 46 heavy (non-hydrogen) atoms. The Morgan fingerprint density at radius 1 is 1.11 bits per heavy atom. The molecule has 0 radical (unpaired) electrons. The number of hydrogen-bond donors (Lipinski definition) is 1. The topological polar surface area (TPSA) is 82.9 Å². The zero-order valence-electron chi connectivity index (χ0n) is 27.1. The monoisotopic (exact) mass is 660 g/mol. The van der Waals surface area contributed by atoms with E-state index in [4.69, 9.17) is 4.74 Å². The number of thiophene rings is 1. The smallest absolute Gasteiger partial charge is 0.433 e. The van der Waals surface area contributed by atoms with Crippen molar-refractivity contribution in [2.75, 3.05) is 39.8 Å². The van der Waals surface area contributed by atoms with Crippen LogP contribution in [0.1, 0.15) is 49.7 Å². The van der Waals surface area contributed by atoms with Crippen LogP contribution in [-0.4, -0.2) is 88.2 Å². The van der Waals surface area contributed by atoms with Gasteiger partial charge in [-0.1, -0.05) is 32.9 Å². The van der Waals surface area contributed by atoms with E-state index in [0.29, 0.717) is 56.2 Å². The van der Waals surface area contributed by atoms with Gasteiger partial charge in [0.05, 0.1) is 18.0 Å². The summed E-state index contributed by atoms with van der Waals surface area (Å²) in [6.07, 6.45) is -3.64. The minimum Gasteiger partial charge on any atom is -0.497 e. The second-order valence-corrected chi connectivity index (χ2v) is 14.5. The summed E-state index contributed by atoms with van der Waals surface area (Å²) >= 11 is 1.37. The lowest BCUT2D eigenvalue weighted by Crippen LogP contribution is -2.52. The molecule has 3 aromatic rings. The highest BCUT2D eigenvalue weighted by Gasteiger charge is 2.43. The molecule has 0 unspecified atom stereocenters. The normalized spacial score (nSPS) is 19.4. The molecule has 1 N–H and O–H groups in total. The van der Waals surface area contributed by atoms with Crippen molar-refractivity contribution in [1.29, 1.82) is 0 Å². The summed E-state index contributed by atoms with van der Waals surface area (Å²) in [5, 5.41) is 7.40. The Bertz CT molecular complexity index is 1530. The quantitative estimate of drug-likeness (QED) is 0.348. The predicted molar refractivity (Wildman–Crippen MR) is 171 cm³/mol. The SMILES string of the molecule is COc1cccc(CN(C(=O)CC(C)(C)C)[C@H]2C[C@@H](C(=O)N3CCNCC3)N(Cc3ccc(-c4cc(C(F)(F)F)n(C)n4)s3)C2)c1. The van der Waals surface area contributed by atoms with Crippen molar-refractivity contribution in [3.63, 3.8) is 0 Å². The molecule has 2 aromatic heterocycles. The van der Waals surface area contributed by atoms with E-state index in [1.165, 1.54) is 18.4 Å². The number of rotatable bonds is 9. The maximum Gasteiger partial charge on any atom is 0.433 e. The number of ether oxygens (including phenoxy) is 1. The molecule has 2 aliphatic rings. The number of halogens is 3. The number of nitrogens with one attached hydrogen (secondary N) is 1. The fraction of sp³-hybridized carbons (Fsp3) is 0.545. The molecule has 0 aliphatic carbocycles. The number of nitrogens with zero attached hydrogens (tertiary/aromatic N) is 5. The first kappa shape index (κ1) is 33.9. The third-order valence-electron chi connectivity index (χ3n) is 8.47. The Labute approximate surface area is 272 Å². The Morgan fingerprint density at radius 3 is 2.50 bits per heavy atom. The van der Waals surface area contributed by atoms with E-state index in [9.17, 15) is 22.8 Å². The number of amides is 2. The number of hydrogen-bond acceptors (Lipinski definition) is 7. The number of aryl methyl sites for hydroxylation is 1. The van der Waals surface area contributed by atoms with Crippen molar-refractivity contribution >= 4 is 23.2 Å². The molecular weight excluding hydrogens is 617 g/mol. The Balaban J connectivity index is 1.42. The molecule has 2 amide bonds. The van der Waals surface area contributed by atoms with Crippen molar-refractivity contribution in [2.24, 2.45) is 12.5 Å². The van der Waals surface area contributed by atoms with Crippen LogP contribution in [0.5, 0.6) is 5.75 Å². The average molecular weight is 661 g/mol. The van der Waals surface area contributed by atoms with Crippen molar-refractivity contribution < 1.29 is 27.5 Å². The van der Waals surface area contributed by atoms with Crippen molar-refractivity contribution in [3.8, 4) is 16.3 Å². The van der Waals surface area contributed by atoms with E-state index < -0.39 is 17.9 Å². The first-order valence-corrected chi connectivity index (χ1v) is 16.4. The zero-order chi connectivity index (χ0) is 33.2. The first-order chi connectivity index (χ1) is 21.7. The van der Waals surface area contributed by atoms with Crippen LogP contribution in [0.4, 0.5) is 13.2 Å². The summed E-state index contributed by atoms with van der Waals surface area (Å²) in [4.78, 5) is 35.4. The second-order valence-electron chi connectivity index (χ2n) is 13.3. The maximum atomic E-state index is 14.0. The number of benzene rings is 1. The standard InChI is InChI=1S/C33H43F3N6O3S/c1-32(2,3)18-30(43)42(19-22-7-6-8-24(15-22)45-5)23-16-27(31(44)40-13-11-37-12-14-40)41(20-23)21-25-9-10-28(46-25)26-17-29(33(34,35)36)39(4)38-26/h6-10,15,17,23,27,37H,11-14,16,18-21H2,1-5H3/t23-,27-/m0/s1. The molecule has 4 heterocycles. The van der Waals surface area contributed by atoms with Crippen LogP contribution < -0.4 is 10.1 Å². The molecule has 2 saturated heterocycles. The second kappa shape index (κ2) is 13.7. The van der Waals surface area contributed by atoms with Gasteiger partial charge in [0, 0.05) is 70.2 Å². The minimum atomic E-state index is -4.50. The average Bonchev–Trinajstić information content (AvgIpc) is 3.74. The predicted octanol–water partition coefficient (Wildman–Crippen LogP) is 5.02. The summed E-state index contributed by atoms with van der Waals surface area (Å²) in [6.45, 7) is 10.1. The number of carbonyl (C=O) groups is 2. The highest BCUT2D eigenvalue weighted by atomic mass is 32.1. The first-order valence-electron chi connectivity index (χ1n) is 15.6. The van der Waals surface area contributed by atoms with E-state index in [2.05, 4.69) is 15.3 Å². The third kappa shape index (κ3) is 8.10. The third-order valence-corrected chi connectivity index (χ3v) is 9.56. The van der Waals surface area contributed by atoms with Crippen LogP contribution >= 0.6 is 11.3 Å². The number of alkyl halides is 3. The number of carbonyl (C=O) groups excluding carboxylic acids is 2. The maximum absolute atomic E-state index is 14.0. The summed E-state index contributed by atoms with van der Waals surface area (Å²) in [7, 11) is 2.90. The fourth-order valence-corrected chi connectivity index (χ4v) is 7.22. The van der Waals surface area contributed by atoms with Gasteiger partial charge in [-0.2, -0.15) is 18.3 Å². The van der Waals surface area contributed by atoms with Gasteiger partial charge in [-0.25, -0.2) is 0 Å². The lowest BCUT2D eigenvalue weighted by Gasteiger charge is -2.32. The van der Waals surface area contributed by atoms with Crippen LogP contribution in [0.25, 0.3) is 10.6 Å². The number of likely N-dealkylation sites (tertiary alicyclic amines) is 1. The van der Waals surface area contributed by atoms with Gasteiger partial charge in [0.25, 0.3) is 0 Å². The lowest BCUT2D eigenvalue weighted by atomic mass is 9.91. The fourth-order valence-electron chi connectivity index (χ4n) is 6.23. The van der Waals surface area contributed by atoms with Crippen LogP contribution in [0.15, 0.2) is 42.5 Å². The van der Waals surface area contributed by atoms with Gasteiger partial charge in [-0.3, -0.25) is 19.2 Å². The van der Waals surface area contributed by atoms with Crippen LogP contribution in [0, 0.1) is 5.41 Å². The Hall–Kier alpha value is -3.42. The van der Waals surface area contributed by atoms with Gasteiger partial charge < -0.3 is 19.9 Å². The van der Waals surface area contributed by atoms with Gasteiger partial charge >= 0.3 is 6.18 Å². The van der Waals surface area contributed by atoms with E-state index in [0.717, 1.165) is 34.3 Å². The summed E-state index contributed by atoms with van der Waals surface area (Å²) in [6, 6.07) is 11.8. The molecule has 250 valence electrons. The highest BCUT2D eigenvalue weighted by Crippen LogP contribution is 2.36. The van der Waals surface area contributed by atoms with Gasteiger partial charge in [-0.05, 0) is 47.7 Å². The zero-order valence-corrected chi connectivity index (χ0v) is 27.9. The van der Waals surface area contributed by atoms with Crippen LogP contribution in [0.3, 0.4) is 0 Å². The largest absolute Gasteiger partial charge is 0.497 e. The summed E-state index contributed by atoms with van der Waals surface area (Å²) < 4.78 is 46.5. The van der Waals surface area contributed by atoms with Crippen LogP contribution in [-0.2, 0) is 35.9 Å². The summed E-state index contributed by atoms with van der Waals surface area (Å²) in [5.41, 5.74) is 0.179. The highest BCUT2D eigenvalue weighted by molar-refractivity contribution is 7.15. The Kier molecular flexibility index (Phi) is 10.1. The summed E-state index contributed by atoms with van der Waals surface area (Å²) in [5.74, 6) is 0.791. The van der Waals surface area contributed by atoms with Crippen molar-refractivity contribution in [1.82, 2.24) is 29.8 Å². The molecule has 5 rings (SSSR count). The van der Waals surface area contributed by atoms with Gasteiger partial charge in [-0.15, -0.1) is 11.3 Å². The molecule has 2 atom stereocenters. The number of piperazine rings is 1. The Morgan fingerprint density at radius 2 is 1.85 bits per heavy atom. The molecule has 9 nitrogen and oxygen atoms in total. The van der Waals surface area contributed by atoms with Gasteiger partial charge in [0.2, 0.25) is 11.8 Å².